The number of benzene rings is 1. The number of rotatable bonds is 3. The van der Waals surface area contributed by atoms with Crippen molar-refractivity contribution in [2.45, 2.75) is 25.4 Å². The molecule has 1 atom stereocenters. The van der Waals surface area contributed by atoms with Gasteiger partial charge in [-0.1, -0.05) is 12.1 Å². The first-order valence-electron chi connectivity index (χ1n) is 6.80. The maximum atomic E-state index is 8.76. The summed E-state index contributed by atoms with van der Waals surface area (Å²) in [5.41, 5.74) is 2.01. The lowest BCUT2D eigenvalue weighted by molar-refractivity contribution is 0.0720. The van der Waals surface area contributed by atoms with Gasteiger partial charge in [-0.2, -0.15) is 5.26 Å². The molecule has 94 valence electrons. The normalized spacial score (nSPS) is 30.1. The van der Waals surface area contributed by atoms with Gasteiger partial charge in [0.1, 0.15) is 0 Å². The Balaban J connectivity index is 1.56. The predicted molar refractivity (Wildman–Crippen MR) is 70.9 cm³/mol. The van der Waals surface area contributed by atoms with E-state index in [9.17, 15) is 0 Å². The average Bonchev–Trinajstić information content (AvgIpc) is 2.47. The van der Waals surface area contributed by atoms with Gasteiger partial charge in [0.05, 0.1) is 11.6 Å². The van der Waals surface area contributed by atoms with Crippen LogP contribution in [0, 0.1) is 17.2 Å². The third kappa shape index (κ3) is 2.40. The molecule has 0 aromatic heterocycles. The Bertz CT molecular complexity index is 438. The van der Waals surface area contributed by atoms with Crippen molar-refractivity contribution in [3.05, 3.63) is 35.4 Å². The number of piperidine rings is 3. The van der Waals surface area contributed by atoms with Crippen molar-refractivity contribution in [2.24, 2.45) is 5.92 Å². The summed E-state index contributed by atoms with van der Waals surface area (Å²) >= 11 is 0. The molecular weight excluding hydrogens is 222 g/mol. The van der Waals surface area contributed by atoms with Crippen LogP contribution in [0.3, 0.4) is 0 Å². The fraction of sp³-hybridized carbons (Fsp3) is 0.533. The summed E-state index contributed by atoms with van der Waals surface area (Å²) in [6.45, 7) is 4.71. The van der Waals surface area contributed by atoms with E-state index >= 15 is 0 Å². The van der Waals surface area contributed by atoms with E-state index in [0.717, 1.165) is 18.0 Å². The molecule has 0 amide bonds. The molecule has 3 heteroatoms. The zero-order valence-corrected chi connectivity index (χ0v) is 10.6. The van der Waals surface area contributed by atoms with E-state index in [0.29, 0.717) is 6.04 Å². The summed E-state index contributed by atoms with van der Waals surface area (Å²) in [5, 5.41) is 12.4. The number of fused-ring (bicyclic) bond motifs is 3. The molecule has 1 aromatic rings. The molecule has 0 aliphatic carbocycles. The van der Waals surface area contributed by atoms with E-state index in [1.165, 1.54) is 38.0 Å². The molecule has 3 heterocycles. The Kier molecular flexibility index (Phi) is 3.31. The van der Waals surface area contributed by atoms with Gasteiger partial charge in [-0.05, 0) is 49.5 Å². The van der Waals surface area contributed by atoms with Crippen LogP contribution < -0.4 is 5.32 Å². The molecule has 1 unspecified atom stereocenters. The van der Waals surface area contributed by atoms with E-state index < -0.39 is 0 Å². The van der Waals surface area contributed by atoms with Gasteiger partial charge in [0.25, 0.3) is 0 Å². The van der Waals surface area contributed by atoms with Gasteiger partial charge < -0.3 is 10.2 Å². The van der Waals surface area contributed by atoms with Crippen LogP contribution in [0.1, 0.15) is 24.0 Å². The Morgan fingerprint density at radius 2 is 1.94 bits per heavy atom. The van der Waals surface area contributed by atoms with Crippen molar-refractivity contribution < 1.29 is 0 Å². The summed E-state index contributed by atoms with van der Waals surface area (Å²) in [4.78, 5) is 2.57. The smallest absolute Gasteiger partial charge is 0.0991 e. The fourth-order valence-corrected chi connectivity index (χ4v) is 3.14. The molecule has 0 saturated carbocycles. The lowest BCUT2D eigenvalue weighted by Crippen LogP contribution is -2.55. The summed E-state index contributed by atoms with van der Waals surface area (Å²) in [7, 11) is 0. The molecule has 3 aliphatic rings. The molecule has 0 spiro atoms. The van der Waals surface area contributed by atoms with Gasteiger partial charge in [-0.25, -0.2) is 0 Å². The first-order valence-corrected chi connectivity index (χ1v) is 6.80. The van der Waals surface area contributed by atoms with E-state index in [4.69, 9.17) is 5.26 Å². The Labute approximate surface area is 108 Å². The maximum Gasteiger partial charge on any atom is 0.0991 e. The van der Waals surface area contributed by atoms with Crippen LogP contribution >= 0.6 is 0 Å². The number of nitriles is 1. The predicted octanol–water partition coefficient (Wildman–Crippen LogP) is 1.74. The molecule has 2 bridgehead atoms. The summed E-state index contributed by atoms with van der Waals surface area (Å²) < 4.78 is 0. The number of hydrogen-bond donors (Lipinski definition) is 1. The highest BCUT2D eigenvalue weighted by Gasteiger charge is 2.33. The molecule has 3 nitrogen and oxygen atoms in total. The van der Waals surface area contributed by atoms with Gasteiger partial charge in [0.15, 0.2) is 0 Å². The van der Waals surface area contributed by atoms with Crippen molar-refractivity contribution in [2.75, 3.05) is 19.6 Å². The second-order valence-corrected chi connectivity index (χ2v) is 5.43. The fourth-order valence-electron chi connectivity index (χ4n) is 3.14. The molecule has 0 radical (unpaired) electrons. The van der Waals surface area contributed by atoms with Crippen molar-refractivity contribution in [3.63, 3.8) is 0 Å². The highest BCUT2D eigenvalue weighted by Crippen LogP contribution is 2.27. The molecule has 3 aliphatic heterocycles. The molecular formula is C15H19N3. The largest absolute Gasteiger partial charge is 0.308 e. The third-order valence-corrected chi connectivity index (χ3v) is 4.31. The maximum absolute atomic E-state index is 8.76. The lowest BCUT2D eigenvalue weighted by atomic mass is 9.84. The van der Waals surface area contributed by atoms with Gasteiger partial charge in [-0.3, -0.25) is 0 Å². The number of nitrogens with zero attached hydrogens (tertiary/aromatic N) is 2. The molecule has 1 N–H and O–H groups in total. The van der Waals surface area contributed by atoms with Crippen LogP contribution in [0.15, 0.2) is 24.3 Å². The van der Waals surface area contributed by atoms with E-state index in [1.807, 2.05) is 24.3 Å². The minimum absolute atomic E-state index is 0.656. The number of nitrogens with one attached hydrogen (secondary N) is 1. The SMILES string of the molecule is N#Cc1ccc(CNC2CN3CCC2CC3)cc1. The highest BCUT2D eigenvalue weighted by molar-refractivity contribution is 5.31. The third-order valence-electron chi connectivity index (χ3n) is 4.31. The standard InChI is InChI=1S/C15H19N3/c16-9-12-1-3-13(4-2-12)10-17-15-11-18-7-5-14(15)6-8-18/h1-4,14-15,17H,5-8,10-11H2. The van der Waals surface area contributed by atoms with Crippen LogP contribution in [-0.2, 0) is 6.54 Å². The average molecular weight is 241 g/mol. The second kappa shape index (κ2) is 5.09. The zero-order chi connectivity index (χ0) is 12.4. The summed E-state index contributed by atoms with van der Waals surface area (Å²) in [6.07, 6.45) is 2.70. The second-order valence-electron chi connectivity index (χ2n) is 5.43. The topological polar surface area (TPSA) is 39.1 Å². The van der Waals surface area contributed by atoms with Gasteiger partial charge in [0, 0.05) is 19.1 Å². The Hall–Kier alpha value is -1.37. The van der Waals surface area contributed by atoms with Crippen LogP contribution in [0.5, 0.6) is 0 Å². The van der Waals surface area contributed by atoms with E-state index in [1.54, 1.807) is 0 Å². The molecule has 4 rings (SSSR count). The van der Waals surface area contributed by atoms with Crippen LogP contribution in [0.25, 0.3) is 0 Å². The quantitative estimate of drug-likeness (QED) is 0.876. The zero-order valence-electron chi connectivity index (χ0n) is 10.6. The monoisotopic (exact) mass is 241 g/mol. The number of hydrogen-bond acceptors (Lipinski definition) is 3. The van der Waals surface area contributed by atoms with Crippen molar-refractivity contribution in [1.29, 1.82) is 5.26 Å². The van der Waals surface area contributed by atoms with Crippen LogP contribution in [0.2, 0.25) is 0 Å². The Morgan fingerprint density at radius 1 is 1.22 bits per heavy atom. The highest BCUT2D eigenvalue weighted by atomic mass is 15.2. The summed E-state index contributed by atoms with van der Waals surface area (Å²) in [6, 6.07) is 10.7. The van der Waals surface area contributed by atoms with Crippen molar-refractivity contribution >= 4 is 0 Å². The minimum atomic E-state index is 0.656. The van der Waals surface area contributed by atoms with Crippen LogP contribution in [-0.4, -0.2) is 30.6 Å². The van der Waals surface area contributed by atoms with E-state index in [2.05, 4.69) is 16.3 Å². The first-order chi connectivity index (χ1) is 8.85. The van der Waals surface area contributed by atoms with Crippen molar-refractivity contribution in [1.82, 2.24) is 10.2 Å². The van der Waals surface area contributed by atoms with E-state index in [-0.39, 0.29) is 0 Å². The molecule has 18 heavy (non-hydrogen) atoms. The van der Waals surface area contributed by atoms with Crippen molar-refractivity contribution in [3.8, 4) is 6.07 Å². The summed E-state index contributed by atoms with van der Waals surface area (Å²) in [5.74, 6) is 0.869. The minimum Gasteiger partial charge on any atom is -0.308 e. The van der Waals surface area contributed by atoms with Gasteiger partial charge >= 0.3 is 0 Å². The molecule has 3 fully saturated rings. The van der Waals surface area contributed by atoms with Gasteiger partial charge in [-0.15, -0.1) is 0 Å². The van der Waals surface area contributed by atoms with Gasteiger partial charge in [0.2, 0.25) is 0 Å². The Morgan fingerprint density at radius 3 is 2.50 bits per heavy atom. The molecule has 1 aromatic carbocycles. The molecule has 3 saturated heterocycles. The van der Waals surface area contributed by atoms with Crippen LogP contribution in [0.4, 0.5) is 0 Å². The first kappa shape index (κ1) is 11.7. The lowest BCUT2D eigenvalue weighted by Gasteiger charge is -2.45.